The van der Waals surface area contributed by atoms with Crippen molar-refractivity contribution in [2.75, 3.05) is 51.1 Å². The smallest absolute Gasteiger partial charge is 0.243 e. The summed E-state index contributed by atoms with van der Waals surface area (Å²) >= 11 is 0. The molecule has 0 unspecified atom stereocenters. The fraction of sp³-hybridized carbons (Fsp3) is 0.667. The van der Waals surface area contributed by atoms with Crippen LogP contribution in [0.25, 0.3) is 0 Å². The molecule has 8 nitrogen and oxygen atoms in total. The van der Waals surface area contributed by atoms with Crippen molar-refractivity contribution < 1.29 is 18.0 Å². The minimum absolute atomic E-state index is 0.175. The van der Waals surface area contributed by atoms with Gasteiger partial charge in [-0.2, -0.15) is 4.31 Å². The lowest BCUT2D eigenvalue weighted by molar-refractivity contribution is -0.134. The predicted molar refractivity (Wildman–Crippen MR) is 129 cm³/mol. The Morgan fingerprint density at radius 2 is 1.70 bits per heavy atom. The molecule has 2 amide bonds. The number of hydrogen-bond donors (Lipinski definition) is 1. The number of benzene rings is 1. The fourth-order valence-corrected chi connectivity index (χ4v) is 6.28. The van der Waals surface area contributed by atoms with E-state index in [-0.39, 0.29) is 23.3 Å². The van der Waals surface area contributed by atoms with Crippen LogP contribution in [0.4, 0.5) is 5.69 Å². The van der Waals surface area contributed by atoms with Crippen LogP contribution in [0.15, 0.2) is 29.2 Å². The summed E-state index contributed by atoms with van der Waals surface area (Å²) < 4.78 is 26.9. The van der Waals surface area contributed by atoms with Gasteiger partial charge in [-0.1, -0.05) is 39.2 Å². The van der Waals surface area contributed by atoms with Crippen molar-refractivity contribution in [3.8, 4) is 0 Å². The molecule has 2 aliphatic rings. The summed E-state index contributed by atoms with van der Waals surface area (Å²) in [6, 6.07) is 6.39. The molecule has 1 aromatic carbocycles. The first-order valence-electron chi connectivity index (χ1n) is 12.2. The maximum absolute atomic E-state index is 12.7. The number of nitrogens with one attached hydrogen (secondary N) is 1. The quantitative estimate of drug-likeness (QED) is 0.589. The highest BCUT2D eigenvalue weighted by molar-refractivity contribution is 7.89. The molecule has 1 aliphatic heterocycles. The van der Waals surface area contributed by atoms with E-state index in [0.717, 1.165) is 0 Å². The normalized spacial score (nSPS) is 18.5. The number of nitrogens with zero attached hydrogens (tertiary/aromatic N) is 3. The molecule has 1 saturated carbocycles. The van der Waals surface area contributed by atoms with Crippen molar-refractivity contribution in [1.82, 2.24) is 14.1 Å². The van der Waals surface area contributed by atoms with Crippen LogP contribution in [0, 0.1) is 5.92 Å². The van der Waals surface area contributed by atoms with Crippen molar-refractivity contribution in [2.24, 2.45) is 5.92 Å². The largest absolute Gasteiger partial charge is 0.340 e. The second-order valence-corrected chi connectivity index (χ2v) is 11.0. The lowest BCUT2D eigenvalue weighted by Crippen LogP contribution is -2.50. The van der Waals surface area contributed by atoms with Crippen LogP contribution in [0.1, 0.15) is 52.4 Å². The molecule has 1 saturated heterocycles. The zero-order valence-electron chi connectivity index (χ0n) is 20.0. The third-order valence-electron chi connectivity index (χ3n) is 6.74. The Bertz CT molecular complexity index is 903. The number of carbonyl (C=O) groups excluding carboxylic acids is 2. The molecular formula is C24H38N4O4S. The summed E-state index contributed by atoms with van der Waals surface area (Å²) in [5, 5.41) is 2.82. The Hall–Kier alpha value is -1.97. The Balaban J connectivity index is 1.47. The molecule has 0 spiro atoms. The number of sulfonamides is 1. The molecule has 184 valence electrons. The topological polar surface area (TPSA) is 90.0 Å². The van der Waals surface area contributed by atoms with Crippen LogP contribution in [-0.2, 0) is 19.6 Å². The van der Waals surface area contributed by atoms with E-state index in [1.807, 2.05) is 9.80 Å². The molecule has 1 heterocycles. The first-order valence-corrected chi connectivity index (χ1v) is 13.7. The van der Waals surface area contributed by atoms with Gasteiger partial charge in [-0.05, 0) is 37.0 Å². The molecule has 0 atom stereocenters. The standard InChI is InChI=1S/C24H38N4O4S/c1-3-28(4-2)33(31,32)22-12-8-11-21(18-22)25-23(29)19-26-13-15-27(16-14-26)24(30)17-20-9-6-5-7-10-20/h8,11-12,18,20H,3-7,9-10,13-17,19H2,1-2H3,(H,25,29). The highest BCUT2D eigenvalue weighted by Gasteiger charge is 2.26. The maximum atomic E-state index is 12.7. The minimum atomic E-state index is -3.58. The second kappa shape index (κ2) is 11.9. The van der Waals surface area contributed by atoms with Gasteiger partial charge in [0.1, 0.15) is 0 Å². The summed E-state index contributed by atoms with van der Waals surface area (Å²) in [6.45, 7) is 7.24. The van der Waals surface area contributed by atoms with E-state index >= 15 is 0 Å². The zero-order valence-corrected chi connectivity index (χ0v) is 20.8. The predicted octanol–water partition coefficient (Wildman–Crippen LogP) is 2.77. The second-order valence-electron chi connectivity index (χ2n) is 9.03. The molecule has 0 bridgehead atoms. The Morgan fingerprint density at radius 1 is 1.03 bits per heavy atom. The molecule has 2 fully saturated rings. The molecular weight excluding hydrogens is 440 g/mol. The van der Waals surface area contributed by atoms with Crippen LogP contribution in [0.2, 0.25) is 0 Å². The average molecular weight is 479 g/mol. The van der Waals surface area contributed by atoms with Gasteiger partial charge in [0.2, 0.25) is 21.8 Å². The van der Waals surface area contributed by atoms with E-state index in [1.165, 1.54) is 42.5 Å². The molecule has 1 N–H and O–H groups in total. The number of anilines is 1. The molecule has 33 heavy (non-hydrogen) atoms. The van der Waals surface area contributed by atoms with Gasteiger partial charge in [-0.15, -0.1) is 0 Å². The molecule has 0 aromatic heterocycles. The number of amides is 2. The van der Waals surface area contributed by atoms with Crippen LogP contribution >= 0.6 is 0 Å². The van der Waals surface area contributed by atoms with Gasteiger partial charge in [0.25, 0.3) is 0 Å². The van der Waals surface area contributed by atoms with Crippen molar-refractivity contribution >= 4 is 27.5 Å². The highest BCUT2D eigenvalue weighted by Crippen LogP contribution is 2.27. The molecule has 0 radical (unpaired) electrons. The zero-order chi connectivity index (χ0) is 23.8. The summed E-state index contributed by atoms with van der Waals surface area (Å²) in [4.78, 5) is 29.3. The average Bonchev–Trinajstić information content (AvgIpc) is 2.81. The minimum Gasteiger partial charge on any atom is -0.340 e. The van der Waals surface area contributed by atoms with Gasteiger partial charge >= 0.3 is 0 Å². The number of rotatable bonds is 9. The van der Waals surface area contributed by atoms with Gasteiger partial charge in [-0.25, -0.2) is 8.42 Å². The summed E-state index contributed by atoms with van der Waals surface area (Å²) in [5.74, 6) is 0.600. The van der Waals surface area contributed by atoms with E-state index in [9.17, 15) is 18.0 Å². The first kappa shape index (κ1) is 25.6. The van der Waals surface area contributed by atoms with Gasteiger partial charge in [0, 0.05) is 51.4 Å². The van der Waals surface area contributed by atoms with Crippen molar-refractivity contribution in [3.63, 3.8) is 0 Å². The Morgan fingerprint density at radius 3 is 2.33 bits per heavy atom. The lowest BCUT2D eigenvalue weighted by atomic mass is 9.86. The van der Waals surface area contributed by atoms with Crippen LogP contribution in [-0.4, -0.2) is 80.2 Å². The SMILES string of the molecule is CCN(CC)S(=O)(=O)c1cccc(NC(=O)CN2CCN(C(=O)CC3CCCCC3)CC2)c1. The van der Waals surface area contributed by atoms with Gasteiger partial charge in [-0.3, -0.25) is 14.5 Å². The van der Waals surface area contributed by atoms with E-state index in [2.05, 4.69) is 5.32 Å². The summed E-state index contributed by atoms with van der Waals surface area (Å²) in [6.07, 6.45) is 6.78. The van der Waals surface area contributed by atoms with E-state index in [4.69, 9.17) is 0 Å². The number of piperazine rings is 1. The van der Waals surface area contributed by atoms with Crippen molar-refractivity contribution in [1.29, 1.82) is 0 Å². The van der Waals surface area contributed by atoms with Gasteiger partial charge in [0.15, 0.2) is 0 Å². The molecule has 3 rings (SSSR count). The number of carbonyl (C=O) groups is 2. The monoisotopic (exact) mass is 478 g/mol. The van der Waals surface area contributed by atoms with Crippen molar-refractivity contribution in [2.45, 2.75) is 57.3 Å². The van der Waals surface area contributed by atoms with Gasteiger partial charge in [0.05, 0.1) is 11.4 Å². The highest BCUT2D eigenvalue weighted by atomic mass is 32.2. The van der Waals surface area contributed by atoms with Crippen LogP contribution in [0.5, 0.6) is 0 Å². The Labute approximate surface area is 198 Å². The van der Waals surface area contributed by atoms with E-state index in [1.54, 1.807) is 32.0 Å². The molecule has 1 aliphatic carbocycles. The maximum Gasteiger partial charge on any atom is 0.243 e. The lowest BCUT2D eigenvalue weighted by Gasteiger charge is -2.35. The van der Waals surface area contributed by atoms with E-state index in [0.29, 0.717) is 57.3 Å². The fourth-order valence-electron chi connectivity index (χ4n) is 4.77. The van der Waals surface area contributed by atoms with Crippen LogP contribution < -0.4 is 5.32 Å². The summed E-state index contributed by atoms with van der Waals surface area (Å²) in [7, 11) is -3.58. The first-order chi connectivity index (χ1) is 15.8. The third kappa shape index (κ3) is 7.01. The van der Waals surface area contributed by atoms with Gasteiger partial charge < -0.3 is 10.2 Å². The number of hydrogen-bond acceptors (Lipinski definition) is 5. The van der Waals surface area contributed by atoms with Crippen LogP contribution in [0.3, 0.4) is 0 Å². The Kier molecular flexibility index (Phi) is 9.28. The summed E-state index contributed by atoms with van der Waals surface area (Å²) in [5.41, 5.74) is 0.467. The van der Waals surface area contributed by atoms with Crippen molar-refractivity contribution in [3.05, 3.63) is 24.3 Å². The van der Waals surface area contributed by atoms with E-state index < -0.39 is 10.0 Å². The molecule has 9 heteroatoms. The third-order valence-corrected chi connectivity index (χ3v) is 8.79. The molecule has 1 aromatic rings.